The maximum absolute atomic E-state index is 12.4. The van der Waals surface area contributed by atoms with Crippen LogP contribution in [0.5, 0.6) is 0 Å². The summed E-state index contributed by atoms with van der Waals surface area (Å²) in [6, 6.07) is 18.4. The minimum absolute atomic E-state index is 0.138. The van der Waals surface area contributed by atoms with E-state index in [0.29, 0.717) is 0 Å². The zero-order chi connectivity index (χ0) is 18.5. The summed E-state index contributed by atoms with van der Waals surface area (Å²) < 4.78 is 0. The average molecular weight is 360 g/mol. The Labute approximate surface area is 159 Å². The number of urea groups is 1. The van der Waals surface area contributed by atoms with Crippen molar-refractivity contribution in [2.75, 3.05) is 18.4 Å². The lowest BCUT2D eigenvalue weighted by molar-refractivity contribution is 0.190. The van der Waals surface area contributed by atoms with E-state index in [2.05, 4.69) is 44.8 Å². The number of amides is 2. The molecule has 2 amide bonds. The van der Waals surface area contributed by atoms with E-state index >= 15 is 0 Å². The normalized spacial score (nSPS) is 15.6. The summed E-state index contributed by atoms with van der Waals surface area (Å²) in [6.07, 6.45) is 5.49. The molecule has 1 aliphatic heterocycles. The number of hydrogen-bond donors (Lipinski definition) is 2. The predicted octanol–water partition coefficient (Wildman–Crippen LogP) is 4.02. The summed E-state index contributed by atoms with van der Waals surface area (Å²) in [5.74, 6) is 0. The van der Waals surface area contributed by atoms with E-state index in [0.717, 1.165) is 48.9 Å². The van der Waals surface area contributed by atoms with Crippen molar-refractivity contribution in [1.29, 1.82) is 0 Å². The van der Waals surface area contributed by atoms with Crippen LogP contribution in [-0.4, -0.2) is 35.0 Å². The molecular formula is C22H24N4O. The predicted molar refractivity (Wildman–Crippen MR) is 109 cm³/mol. The quantitative estimate of drug-likeness (QED) is 0.739. The molecule has 3 aromatic rings. The molecule has 2 heterocycles. The first-order valence-electron chi connectivity index (χ1n) is 9.44. The van der Waals surface area contributed by atoms with Gasteiger partial charge in [-0.25, -0.2) is 4.79 Å². The first-order chi connectivity index (χ1) is 13.3. The highest BCUT2D eigenvalue weighted by molar-refractivity contribution is 6.01. The number of fused-ring (bicyclic) bond motifs is 1. The van der Waals surface area contributed by atoms with Gasteiger partial charge in [0.05, 0.1) is 5.69 Å². The average Bonchev–Trinajstić information content (AvgIpc) is 2.71. The van der Waals surface area contributed by atoms with Gasteiger partial charge in [-0.1, -0.05) is 42.5 Å². The van der Waals surface area contributed by atoms with Gasteiger partial charge in [0.25, 0.3) is 0 Å². The topological polar surface area (TPSA) is 57.3 Å². The van der Waals surface area contributed by atoms with E-state index in [1.807, 2.05) is 30.3 Å². The number of nitrogens with zero attached hydrogens (tertiary/aromatic N) is 2. The fourth-order valence-electron chi connectivity index (χ4n) is 3.65. The summed E-state index contributed by atoms with van der Waals surface area (Å²) >= 11 is 0. The minimum Gasteiger partial charge on any atom is -0.335 e. The highest BCUT2D eigenvalue weighted by atomic mass is 16.2. The Morgan fingerprint density at radius 3 is 2.67 bits per heavy atom. The van der Waals surface area contributed by atoms with Crippen molar-refractivity contribution in [3.05, 3.63) is 72.6 Å². The van der Waals surface area contributed by atoms with Gasteiger partial charge in [-0.3, -0.25) is 9.88 Å². The van der Waals surface area contributed by atoms with Crippen molar-refractivity contribution in [2.24, 2.45) is 0 Å². The number of carbonyl (C=O) groups is 1. The van der Waals surface area contributed by atoms with E-state index in [1.54, 1.807) is 12.4 Å². The molecule has 5 nitrogen and oxygen atoms in total. The number of likely N-dealkylation sites (tertiary alicyclic amines) is 1. The fraction of sp³-hybridized carbons (Fsp3) is 0.273. The molecule has 138 valence electrons. The van der Waals surface area contributed by atoms with Crippen LogP contribution in [0.3, 0.4) is 0 Å². The molecule has 5 heteroatoms. The van der Waals surface area contributed by atoms with E-state index in [-0.39, 0.29) is 12.1 Å². The molecule has 0 saturated carbocycles. The Morgan fingerprint density at radius 1 is 1.04 bits per heavy atom. The number of nitrogens with one attached hydrogen (secondary N) is 2. The van der Waals surface area contributed by atoms with Gasteiger partial charge in [0, 0.05) is 48.8 Å². The van der Waals surface area contributed by atoms with Gasteiger partial charge in [0.1, 0.15) is 0 Å². The van der Waals surface area contributed by atoms with Gasteiger partial charge >= 0.3 is 6.03 Å². The number of pyridine rings is 1. The molecule has 0 bridgehead atoms. The smallest absolute Gasteiger partial charge is 0.319 e. The Kier molecular flexibility index (Phi) is 5.30. The van der Waals surface area contributed by atoms with Crippen LogP contribution in [0, 0.1) is 0 Å². The molecule has 1 fully saturated rings. The highest BCUT2D eigenvalue weighted by Gasteiger charge is 2.20. The first kappa shape index (κ1) is 17.5. The number of rotatable bonds is 4. The zero-order valence-corrected chi connectivity index (χ0v) is 15.3. The van der Waals surface area contributed by atoms with E-state index < -0.39 is 0 Å². The van der Waals surface area contributed by atoms with Crippen LogP contribution in [0.1, 0.15) is 18.4 Å². The van der Waals surface area contributed by atoms with Crippen LogP contribution >= 0.6 is 0 Å². The molecule has 0 unspecified atom stereocenters. The van der Waals surface area contributed by atoms with Gasteiger partial charge < -0.3 is 10.6 Å². The number of anilines is 1. The number of piperidine rings is 1. The minimum atomic E-state index is -0.138. The van der Waals surface area contributed by atoms with Gasteiger partial charge in [-0.2, -0.15) is 0 Å². The van der Waals surface area contributed by atoms with Crippen molar-refractivity contribution in [1.82, 2.24) is 15.2 Å². The Hall–Kier alpha value is -2.92. The summed E-state index contributed by atoms with van der Waals surface area (Å²) in [5.41, 5.74) is 2.15. The second-order valence-electron chi connectivity index (χ2n) is 7.04. The van der Waals surface area contributed by atoms with E-state index in [4.69, 9.17) is 0 Å². The summed E-state index contributed by atoms with van der Waals surface area (Å²) in [7, 11) is 0. The second kappa shape index (κ2) is 8.18. The maximum Gasteiger partial charge on any atom is 0.319 e. The summed E-state index contributed by atoms with van der Waals surface area (Å²) in [5, 5.41) is 8.13. The molecule has 1 aliphatic rings. The lowest BCUT2D eigenvalue weighted by atomic mass is 10.0. The molecule has 0 atom stereocenters. The van der Waals surface area contributed by atoms with Crippen LogP contribution < -0.4 is 10.6 Å². The molecule has 1 aromatic heterocycles. The number of carbonyl (C=O) groups excluding carboxylic acids is 1. The fourth-order valence-corrected chi connectivity index (χ4v) is 3.65. The van der Waals surface area contributed by atoms with Gasteiger partial charge in [0.15, 0.2) is 0 Å². The lowest BCUT2D eigenvalue weighted by Crippen LogP contribution is -2.45. The zero-order valence-electron chi connectivity index (χ0n) is 15.3. The van der Waals surface area contributed by atoms with Crippen LogP contribution in [0.15, 0.2) is 67.0 Å². The van der Waals surface area contributed by atoms with Gasteiger partial charge in [-0.15, -0.1) is 0 Å². The van der Waals surface area contributed by atoms with Crippen LogP contribution in [0.25, 0.3) is 10.8 Å². The maximum atomic E-state index is 12.4. The van der Waals surface area contributed by atoms with Gasteiger partial charge in [0.2, 0.25) is 0 Å². The Morgan fingerprint density at radius 2 is 1.85 bits per heavy atom. The summed E-state index contributed by atoms with van der Waals surface area (Å²) in [4.78, 5) is 19.0. The Bertz CT molecular complexity index is 899. The summed E-state index contributed by atoms with van der Waals surface area (Å²) in [6.45, 7) is 2.98. The number of aromatic nitrogens is 1. The van der Waals surface area contributed by atoms with E-state index in [1.165, 1.54) is 5.56 Å². The highest BCUT2D eigenvalue weighted by Crippen LogP contribution is 2.22. The van der Waals surface area contributed by atoms with Crippen molar-refractivity contribution in [3.63, 3.8) is 0 Å². The van der Waals surface area contributed by atoms with E-state index in [9.17, 15) is 4.79 Å². The largest absolute Gasteiger partial charge is 0.335 e. The van der Waals surface area contributed by atoms with Crippen LogP contribution in [-0.2, 0) is 6.54 Å². The molecule has 27 heavy (non-hydrogen) atoms. The van der Waals surface area contributed by atoms with Crippen molar-refractivity contribution >= 4 is 22.5 Å². The van der Waals surface area contributed by atoms with Crippen molar-refractivity contribution in [3.8, 4) is 0 Å². The van der Waals surface area contributed by atoms with Gasteiger partial charge in [-0.05, 0) is 30.5 Å². The molecule has 0 radical (unpaired) electrons. The molecule has 2 aromatic carbocycles. The molecule has 0 spiro atoms. The second-order valence-corrected chi connectivity index (χ2v) is 7.04. The molecule has 4 rings (SSSR count). The third-order valence-electron chi connectivity index (χ3n) is 5.10. The van der Waals surface area contributed by atoms with Crippen molar-refractivity contribution < 1.29 is 4.79 Å². The molecule has 2 N–H and O–H groups in total. The SMILES string of the molecule is O=C(Nc1cccc2cnccc12)NC1CCN(Cc2ccccc2)CC1. The molecule has 0 aliphatic carbocycles. The third kappa shape index (κ3) is 4.44. The molecular weight excluding hydrogens is 336 g/mol. The standard InChI is InChI=1S/C22H24N4O/c27-22(25-21-8-4-7-18-15-23-12-9-20(18)21)24-19-10-13-26(14-11-19)16-17-5-2-1-3-6-17/h1-9,12,15,19H,10-11,13-14,16H2,(H2,24,25,27). The number of benzene rings is 2. The number of hydrogen-bond acceptors (Lipinski definition) is 3. The first-order valence-corrected chi connectivity index (χ1v) is 9.44. The van der Waals surface area contributed by atoms with Crippen LogP contribution in [0.4, 0.5) is 10.5 Å². The molecule has 1 saturated heterocycles. The van der Waals surface area contributed by atoms with Crippen molar-refractivity contribution in [2.45, 2.75) is 25.4 Å². The third-order valence-corrected chi connectivity index (χ3v) is 5.10. The lowest BCUT2D eigenvalue weighted by Gasteiger charge is -2.32. The van der Waals surface area contributed by atoms with Crippen LogP contribution in [0.2, 0.25) is 0 Å². The monoisotopic (exact) mass is 360 g/mol. The Balaban J connectivity index is 1.29.